The van der Waals surface area contributed by atoms with Crippen molar-refractivity contribution in [1.29, 1.82) is 0 Å². The molecule has 2 aromatic carbocycles. The number of rotatable bonds is 8. The topological polar surface area (TPSA) is 82.1 Å². The highest BCUT2D eigenvalue weighted by atomic mass is 19.1. The van der Waals surface area contributed by atoms with Gasteiger partial charge < -0.3 is 23.2 Å². The average Bonchev–Trinajstić information content (AvgIpc) is 3.46. The van der Waals surface area contributed by atoms with Gasteiger partial charge in [-0.25, -0.2) is 4.39 Å². The number of hydrogen-bond donors (Lipinski definition) is 0. The number of ether oxygens (including phenoxy) is 2. The fourth-order valence-corrected chi connectivity index (χ4v) is 4.30. The number of amides is 1. The lowest BCUT2D eigenvalue weighted by Gasteiger charge is -2.25. The molecule has 0 saturated heterocycles. The summed E-state index contributed by atoms with van der Waals surface area (Å²) in [7, 11) is 0. The fraction of sp³-hybridized carbons (Fsp3) is 0.185. The number of nitrogens with zero attached hydrogens (tertiary/aromatic N) is 1. The summed E-state index contributed by atoms with van der Waals surface area (Å²) in [4.78, 5) is 28.6. The Balaban J connectivity index is 1.70. The molecule has 5 rings (SSSR count). The van der Waals surface area contributed by atoms with Gasteiger partial charge in [-0.3, -0.25) is 9.59 Å². The van der Waals surface area contributed by atoms with Gasteiger partial charge in [-0.15, -0.1) is 0 Å². The Labute approximate surface area is 200 Å². The quantitative estimate of drug-likeness (QED) is 0.325. The SMILES string of the molecule is C=CCOc1ccc(C2c3c(oc4ccc(F)cc4c3=O)C(=O)N2Cc2ccco2)cc1OCC. The summed E-state index contributed by atoms with van der Waals surface area (Å²) >= 11 is 0. The van der Waals surface area contributed by atoms with Crippen LogP contribution in [0.15, 0.2) is 81.1 Å². The molecule has 2 aromatic heterocycles. The van der Waals surface area contributed by atoms with E-state index in [4.69, 9.17) is 18.3 Å². The number of fused-ring (bicyclic) bond motifs is 2. The maximum Gasteiger partial charge on any atom is 0.291 e. The summed E-state index contributed by atoms with van der Waals surface area (Å²) in [5.41, 5.74) is 0.430. The van der Waals surface area contributed by atoms with Gasteiger partial charge >= 0.3 is 0 Å². The first-order chi connectivity index (χ1) is 17.0. The maximum absolute atomic E-state index is 14.0. The first-order valence-corrected chi connectivity index (χ1v) is 11.1. The smallest absolute Gasteiger partial charge is 0.291 e. The Morgan fingerprint density at radius 2 is 1.97 bits per heavy atom. The number of carbonyl (C=O) groups is 1. The molecule has 0 N–H and O–H groups in total. The van der Waals surface area contributed by atoms with E-state index >= 15 is 0 Å². The molecule has 0 fully saturated rings. The molecule has 0 bridgehead atoms. The molecule has 1 amide bonds. The van der Waals surface area contributed by atoms with Gasteiger partial charge in [0.15, 0.2) is 16.9 Å². The van der Waals surface area contributed by atoms with Crippen LogP contribution in [0.3, 0.4) is 0 Å². The van der Waals surface area contributed by atoms with Crippen LogP contribution in [-0.2, 0) is 6.54 Å². The molecule has 0 saturated carbocycles. The van der Waals surface area contributed by atoms with E-state index in [1.807, 2.05) is 6.92 Å². The second-order valence-corrected chi connectivity index (χ2v) is 7.97. The van der Waals surface area contributed by atoms with Gasteiger partial charge in [0.1, 0.15) is 23.8 Å². The maximum atomic E-state index is 14.0. The molecule has 0 radical (unpaired) electrons. The predicted octanol–water partition coefficient (Wildman–Crippen LogP) is 5.23. The van der Waals surface area contributed by atoms with Crippen LogP contribution in [0, 0.1) is 5.82 Å². The molecular formula is C27H22FNO6. The minimum Gasteiger partial charge on any atom is -0.490 e. The largest absolute Gasteiger partial charge is 0.490 e. The fourth-order valence-electron chi connectivity index (χ4n) is 4.30. The van der Waals surface area contributed by atoms with Crippen LogP contribution in [0.2, 0.25) is 0 Å². The Hall–Kier alpha value is -4.33. The highest BCUT2D eigenvalue weighted by Crippen LogP contribution is 2.41. The third kappa shape index (κ3) is 3.97. The lowest BCUT2D eigenvalue weighted by atomic mass is 9.98. The monoisotopic (exact) mass is 475 g/mol. The van der Waals surface area contributed by atoms with Crippen molar-refractivity contribution in [3.63, 3.8) is 0 Å². The van der Waals surface area contributed by atoms with Gasteiger partial charge in [-0.05, 0) is 55.0 Å². The minimum absolute atomic E-state index is 0.0670. The summed E-state index contributed by atoms with van der Waals surface area (Å²) in [5.74, 6) is 0.396. The van der Waals surface area contributed by atoms with Crippen molar-refractivity contribution in [3.8, 4) is 11.5 Å². The van der Waals surface area contributed by atoms with Crippen molar-refractivity contribution in [2.45, 2.75) is 19.5 Å². The molecule has 3 heterocycles. The summed E-state index contributed by atoms with van der Waals surface area (Å²) in [6.45, 7) is 6.28. The lowest BCUT2D eigenvalue weighted by Crippen LogP contribution is -2.29. The van der Waals surface area contributed by atoms with Crippen molar-refractivity contribution in [1.82, 2.24) is 4.90 Å². The van der Waals surface area contributed by atoms with E-state index in [-0.39, 0.29) is 35.4 Å². The van der Waals surface area contributed by atoms with Crippen LogP contribution in [0.4, 0.5) is 4.39 Å². The van der Waals surface area contributed by atoms with Crippen molar-refractivity contribution in [3.05, 3.63) is 106 Å². The second kappa shape index (κ2) is 9.13. The molecule has 1 aliphatic heterocycles. The van der Waals surface area contributed by atoms with Gasteiger partial charge in [0.25, 0.3) is 5.91 Å². The van der Waals surface area contributed by atoms with Crippen LogP contribution in [0.5, 0.6) is 11.5 Å². The van der Waals surface area contributed by atoms with Crippen LogP contribution >= 0.6 is 0 Å². The molecule has 8 heteroatoms. The van der Waals surface area contributed by atoms with Crippen molar-refractivity contribution < 1.29 is 27.5 Å². The second-order valence-electron chi connectivity index (χ2n) is 7.97. The lowest BCUT2D eigenvalue weighted by molar-refractivity contribution is 0.0701. The first-order valence-electron chi connectivity index (χ1n) is 11.1. The first kappa shape index (κ1) is 22.5. The van der Waals surface area contributed by atoms with Crippen LogP contribution in [0.1, 0.15) is 40.4 Å². The van der Waals surface area contributed by atoms with E-state index in [1.165, 1.54) is 23.3 Å². The zero-order chi connectivity index (χ0) is 24.5. The van der Waals surface area contributed by atoms with Gasteiger partial charge in [-0.2, -0.15) is 0 Å². The van der Waals surface area contributed by atoms with E-state index in [0.29, 0.717) is 29.4 Å². The molecule has 1 unspecified atom stereocenters. The summed E-state index contributed by atoms with van der Waals surface area (Å²) < 4.78 is 36.8. The minimum atomic E-state index is -0.806. The number of carbonyl (C=O) groups excluding carboxylic acids is 1. The Bertz CT molecular complexity index is 1470. The van der Waals surface area contributed by atoms with E-state index < -0.39 is 23.2 Å². The van der Waals surface area contributed by atoms with Gasteiger partial charge in [0, 0.05) is 0 Å². The highest BCUT2D eigenvalue weighted by molar-refractivity contribution is 5.99. The molecule has 0 aliphatic carbocycles. The molecule has 7 nitrogen and oxygen atoms in total. The summed E-state index contributed by atoms with van der Waals surface area (Å²) in [6.07, 6.45) is 3.13. The number of furan rings is 1. The highest BCUT2D eigenvalue weighted by Gasteiger charge is 2.43. The van der Waals surface area contributed by atoms with E-state index in [1.54, 1.807) is 36.4 Å². The zero-order valence-corrected chi connectivity index (χ0v) is 19.0. The van der Waals surface area contributed by atoms with Crippen molar-refractivity contribution >= 4 is 16.9 Å². The van der Waals surface area contributed by atoms with Crippen molar-refractivity contribution in [2.24, 2.45) is 0 Å². The van der Waals surface area contributed by atoms with Gasteiger partial charge in [-0.1, -0.05) is 18.7 Å². The zero-order valence-electron chi connectivity index (χ0n) is 19.0. The average molecular weight is 475 g/mol. The van der Waals surface area contributed by atoms with E-state index in [9.17, 15) is 14.0 Å². The van der Waals surface area contributed by atoms with Gasteiger partial charge in [0.2, 0.25) is 5.76 Å². The third-order valence-electron chi connectivity index (χ3n) is 5.77. The molecule has 1 atom stereocenters. The Morgan fingerprint density at radius 3 is 2.71 bits per heavy atom. The van der Waals surface area contributed by atoms with Crippen LogP contribution < -0.4 is 14.9 Å². The molecule has 4 aromatic rings. The number of halogens is 1. The van der Waals surface area contributed by atoms with Crippen LogP contribution in [0.25, 0.3) is 11.0 Å². The van der Waals surface area contributed by atoms with E-state index in [0.717, 1.165) is 6.07 Å². The number of hydrogen-bond acceptors (Lipinski definition) is 6. The predicted molar refractivity (Wildman–Crippen MR) is 126 cm³/mol. The molecular weight excluding hydrogens is 453 g/mol. The summed E-state index contributed by atoms with van der Waals surface area (Å²) in [5, 5.41) is 0.0670. The standard InChI is InChI=1S/C27H22FNO6/c1-3-11-34-21-9-7-16(13-22(21)32-4-2)24-23-25(30)19-14-17(28)8-10-20(19)35-26(23)27(31)29(24)15-18-6-5-12-33-18/h3,5-10,12-14,24H,1,4,11,15H2,2H3. The van der Waals surface area contributed by atoms with Crippen molar-refractivity contribution in [2.75, 3.05) is 13.2 Å². The summed E-state index contributed by atoms with van der Waals surface area (Å²) in [6, 6.07) is 11.5. The van der Waals surface area contributed by atoms with Crippen LogP contribution in [-0.4, -0.2) is 24.0 Å². The molecule has 1 aliphatic rings. The van der Waals surface area contributed by atoms with Gasteiger partial charge in [0.05, 0.1) is 36.4 Å². The number of benzene rings is 2. The normalized spacial score (nSPS) is 14.9. The molecule has 0 spiro atoms. The Kier molecular flexibility index (Phi) is 5.86. The third-order valence-corrected chi connectivity index (χ3v) is 5.77. The Morgan fingerprint density at radius 1 is 1.11 bits per heavy atom. The molecule has 178 valence electrons. The molecule has 35 heavy (non-hydrogen) atoms. The van der Waals surface area contributed by atoms with E-state index in [2.05, 4.69) is 6.58 Å².